The molecule has 0 atom stereocenters. The van der Waals surface area contributed by atoms with Crippen LogP contribution in [0.2, 0.25) is 10.0 Å². The van der Waals surface area contributed by atoms with E-state index >= 15 is 0 Å². The maximum Gasteiger partial charge on any atom is 0.329 e. The van der Waals surface area contributed by atoms with Gasteiger partial charge in [0.2, 0.25) is 0 Å². The summed E-state index contributed by atoms with van der Waals surface area (Å²) in [7, 11) is 0. The first-order valence-corrected chi connectivity index (χ1v) is 4.57. The molecule has 6 heteroatoms. The second kappa shape index (κ2) is 5.05. The number of carbonyl (C=O) groups excluding carboxylic acids is 1. The summed E-state index contributed by atoms with van der Waals surface area (Å²) < 4.78 is 0. The van der Waals surface area contributed by atoms with Gasteiger partial charge in [-0.3, -0.25) is 5.43 Å². The molecule has 1 aromatic rings. The predicted octanol–water partition coefficient (Wildman–Crippen LogP) is 1.67. The second-order valence-corrected chi connectivity index (χ2v) is 3.41. The molecule has 0 aliphatic carbocycles. The third kappa shape index (κ3) is 3.06. The average molecular weight is 234 g/mol. The van der Waals surface area contributed by atoms with Crippen molar-refractivity contribution in [2.24, 2.45) is 5.84 Å². The van der Waals surface area contributed by atoms with Crippen molar-refractivity contribution in [2.45, 2.75) is 6.54 Å². The highest BCUT2D eigenvalue weighted by Crippen LogP contribution is 2.20. The molecule has 14 heavy (non-hydrogen) atoms. The van der Waals surface area contributed by atoms with Crippen LogP contribution in [0.5, 0.6) is 0 Å². The van der Waals surface area contributed by atoms with Crippen molar-refractivity contribution >= 4 is 29.2 Å². The van der Waals surface area contributed by atoms with Gasteiger partial charge in [0.05, 0.1) is 0 Å². The lowest BCUT2D eigenvalue weighted by atomic mass is 10.2. The van der Waals surface area contributed by atoms with E-state index in [1.165, 1.54) is 0 Å². The normalized spacial score (nSPS) is 9.64. The largest absolute Gasteiger partial charge is 0.333 e. The molecule has 0 radical (unpaired) electrons. The number of rotatable bonds is 2. The summed E-state index contributed by atoms with van der Waals surface area (Å²) in [4.78, 5) is 10.7. The summed E-state index contributed by atoms with van der Waals surface area (Å²) in [5.74, 6) is 4.88. The van der Waals surface area contributed by atoms with Crippen LogP contribution in [0.4, 0.5) is 4.79 Å². The smallest absolute Gasteiger partial charge is 0.329 e. The molecule has 0 aromatic heterocycles. The molecular weight excluding hydrogens is 225 g/mol. The van der Waals surface area contributed by atoms with Gasteiger partial charge in [0.15, 0.2) is 0 Å². The lowest BCUT2D eigenvalue weighted by Crippen LogP contribution is -2.39. The molecule has 0 aliphatic heterocycles. The van der Waals surface area contributed by atoms with Gasteiger partial charge in [0.1, 0.15) is 0 Å². The molecule has 2 amide bonds. The third-order valence-electron chi connectivity index (χ3n) is 1.59. The highest BCUT2D eigenvalue weighted by atomic mass is 35.5. The first kappa shape index (κ1) is 11.1. The van der Waals surface area contributed by atoms with E-state index in [0.29, 0.717) is 16.6 Å². The van der Waals surface area contributed by atoms with Gasteiger partial charge in [-0.1, -0.05) is 29.3 Å². The minimum absolute atomic E-state index is 0.305. The summed E-state index contributed by atoms with van der Waals surface area (Å²) >= 11 is 11.6. The van der Waals surface area contributed by atoms with Gasteiger partial charge in [-0.15, -0.1) is 0 Å². The topological polar surface area (TPSA) is 67.1 Å². The minimum Gasteiger partial charge on any atom is -0.333 e. The average Bonchev–Trinajstić information content (AvgIpc) is 2.16. The fourth-order valence-electron chi connectivity index (χ4n) is 0.892. The number of amides is 2. The van der Waals surface area contributed by atoms with Crippen molar-refractivity contribution in [3.63, 3.8) is 0 Å². The first-order chi connectivity index (χ1) is 6.63. The zero-order chi connectivity index (χ0) is 10.6. The zero-order valence-corrected chi connectivity index (χ0v) is 8.69. The Morgan fingerprint density at radius 2 is 2.14 bits per heavy atom. The van der Waals surface area contributed by atoms with Crippen LogP contribution in [0.3, 0.4) is 0 Å². The van der Waals surface area contributed by atoms with E-state index in [4.69, 9.17) is 29.0 Å². The Morgan fingerprint density at radius 1 is 1.43 bits per heavy atom. The maximum atomic E-state index is 10.7. The lowest BCUT2D eigenvalue weighted by molar-refractivity contribution is 0.241. The Balaban J connectivity index is 2.63. The van der Waals surface area contributed by atoms with Gasteiger partial charge in [-0.05, 0) is 17.7 Å². The van der Waals surface area contributed by atoms with E-state index in [1.807, 2.05) is 5.43 Å². The number of halogens is 2. The van der Waals surface area contributed by atoms with E-state index in [9.17, 15) is 4.79 Å². The number of hydrazine groups is 1. The highest BCUT2D eigenvalue weighted by Gasteiger charge is 2.02. The van der Waals surface area contributed by atoms with Gasteiger partial charge in [-0.25, -0.2) is 10.6 Å². The molecule has 0 unspecified atom stereocenters. The van der Waals surface area contributed by atoms with Crippen LogP contribution >= 0.6 is 23.2 Å². The number of nitrogens with one attached hydrogen (secondary N) is 2. The lowest BCUT2D eigenvalue weighted by Gasteiger charge is -2.06. The number of hydrogen-bond acceptors (Lipinski definition) is 2. The molecule has 0 saturated carbocycles. The van der Waals surface area contributed by atoms with E-state index in [0.717, 1.165) is 5.56 Å². The number of nitrogens with two attached hydrogens (primary N) is 1. The summed E-state index contributed by atoms with van der Waals surface area (Å²) in [6.45, 7) is 0.305. The predicted molar refractivity (Wildman–Crippen MR) is 56.0 cm³/mol. The van der Waals surface area contributed by atoms with Gasteiger partial charge in [0.25, 0.3) is 0 Å². The van der Waals surface area contributed by atoms with E-state index in [-0.39, 0.29) is 0 Å². The molecule has 1 rings (SSSR count). The molecule has 0 saturated heterocycles. The Morgan fingerprint density at radius 3 is 2.71 bits per heavy atom. The van der Waals surface area contributed by atoms with Crippen LogP contribution in [0.25, 0.3) is 0 Å². The van der Waals surface area contributed by atoms with E-state index in [1.54, 1.807) is 18.2 Å². The standard InChI is InChI=1S/C8H9Cl2N3O/c9-6-2-1-5(7(10)3-6)4-12-8(14)13-11/h1-3H,4,11H2,(H2,12,13,14). The summed E-state index contributed by atoms with van der Waals surface area (Å²) in [5.41, 5.74) is 2.72. The number of benzene rings is 1. The SMILES string of the molecule is NNC(=O)NCc1ccc(Cl)cc1Cl. The highest BCUT2D eigenvalue weighted by molar-refractivity contribution is 6.35. The number of hydrogen-bond donors (Lipinski definition) is 3. The summed E-state index contributed by atoms with van der Waals surface area (Å²) in [6, 6.07) is 4.59. The van der Waals surface area contributed by atoms with Crippen LogP contribution < -0.4 is 16.6 Å². The van der Waals surface area contributed by atoms with Crippen molar-refractivity contribution < 1.29 is 4.79 Å². The molecule has 4 N–H and O–H groups in total. The molecule has 0 bridgehead atoms. The number of urea groups is 1. The monoisotopic (exact) mass is 233 g/mol. The van der Waals surface area contributed by atoms with Gasteiger partial charge < -0.3 is 5.32 Å². The zero-order valence-electron chi connectivity index (χ0n) is 7.18. The quantitative estimate of drug-likeness (QED) is 0.414. The molecule has 0 heterocycles. The summed E-state index contributed by atoms with van der Waals surface area (Å²) in [5, 5.41) is 3.57. The molecule has 0 fully saturated rings. The fourth-order valence-corrected chi connectivity index (χ4v) is 1.37. The van der Waals surface area contributed by atoms with Gasteiger partial charge in [-0.2, -0.15) is 0 Å². The molecule has 1 aromatic carbocycles. The molecular formula is C8H9Cl2N3O. The third-order valence-corrected chi connectivity index (χ3v) is 2.17. The Hall–Kier alpha value is -0.970. The van der Waals surface area contributed by atoms with Crippen LogP contribution in [-0.2, 0) is 6.54 Å². The van der Waals surface area contributed by atoms with Crippen LogP contribution in [0.15, 0.2) is 18.2 Å². The van der Waals surface area contributed by atoms with Crippen molar-refractivity contribution in [3.05, 3.63) is 33.8 Å². The Bertz CT molecular complexity index is 343. The van der Waals surface area contributed by atoms with Gasteiger partial charge in [0, 0.05) is 16.6 Å². The molecule has 0 aliphatic rings. The molecule has 4 nitrogen and oxygen atoms in total. The van der Waals surface area contributed by atoms with Crippen LogP contribution in [0, 0.1) is 0 Å². The molecule has 76 valence electrons. The minimum atomic E-state index is -0.462. The second-order valence-electron chi connectivity index (χ2n) is 2.56. The maximum absolute atomic E-state index is 10.7. The van der Waals surface area contributed by atoms with E-state index < -0.39 is 6.03 Å². The van der Waals surface area contributed by atoms with Crippen LogP contribution in [-0.4, -0.2) is 6.03 Å². The van der Waals surface area contributed by atoms with Gasteiger partial charge >= 0.3 is 6.03 Å². The van der Waals surface area contributed by atoms with Crippen LogP contribution in [0.1, 0.15) is 5.56 Å². The first-order valence-electron chi connectivity index (χ1n) is 3.82. The number of carbonyl (C=O) groups is 1. The van der Waals surface area contributed by atoms with E-state index in [2.05, 4.69) is 5.32 Å². The van der Waals surface area contributed by atoms with Crippen molar-refractivity contribution in [1.82, 2.24) is 10.7 Å². The molecule has 0 spiro atoms. The summed E-state index contributed by atoms with van der Waals surface area (Å²) in [6.07, 6.45) is 0. The van der Waals surface area contributed by atoms with Crippen molar-refractivity contribution in [3.8, 4) is 0 Å². The van der Waals surface area contributed by atoms with Crippen molar-refractivity contribution in [2.75, 3.05) is 0 Å². The van der Waals surface area contributed by atoms with Crippen molar-refractivity contribution in [1.29, 1.82) is 0 Å². The Kier molecular flexibility index (Phi) is 4.00. The Labute approximate surface area is 91.3 Å². The fraction of sp³-hybridized carbons (Fsp3) is 0.125.